The first-order valence-electron chi connectivity index (χ1n) is 7.19. The second-order valence-corrected chi connectivity index (χ2v) is 7.31. The van der Waals surface area contributed by atoms with Gasteiger partial charge < -0.3 is 4.43 Å². The number of hydrogen-bond acceptors (Lipinski definition) is 4. The average molecular weight is 259 g/mol. The van der Waals surface area contributed by atoms with Crippen molar-refractivity contribution in [2.45, 2.75) is 59.0 Å². The first-order valence-corrected chi connectivity index (χ1v) is 9.10. The second kappa shape index (κ2) is 8.21. The van der Waals surface area contributed by atoms with Crippen LogP contribution >= 0.6 is 0 Å². The van der Waals surface area contributed by atoms with Crippen molar-refractivity contribution in [2.24, 2.45) is 0 Å². The third-order valence-corrected chi connectivity index (χ3v) is 6.41. The molecule has 0 amide bonds. The molecule has 0 aliphatic heterocycles. The number of nitrogens with one attached hydrogen (secondary N) is 3. The molecule has 0 radical (unpaired) electrons. The molecule has 102 valence electrons. The molecular formula is C12H29N3OSi. The van der Waals surface area contributed by atoms with Crippen molar-refractivity contribution in [2.75, 3.05) is 19.6 Å². The smallest absolute Gasteiger partial charge is 0.377 e. The monoisotopic (exact) mass is 259 g/mol. The van der Waals surface area contributed by atoms with E-state index in [0.717, 1.165) is 19.6 Å². The summed E-state index contributed by atoms with van der Waals surface area (Å²) in [6.45, 7) is 9.25. The standard InChI is InChI=1S/C12H29N3OSi/c1-4-13-17(14-5-2,15-6-3)16-12-10-8-7-9-11-12/h12-15H,4-11H2,1-3H3. The van der Waals surface area contributed by atoms with Crippen LogP contribution in [-0.4, -0.2) is 34.5 Å². The Hall–Kier alpha value is 0.0569. The third kappa shape index (κ3) is 5.05. The summed E-state index contributed by atoms with van der Waals surface area (Å²) in [6.07, 6.45) is 6.89. The molecule has 1 saturated carbocycles. The Morgan fingerprint density at radius 3 is 1.76 bits per heavy atom. The zero-order valence-corrected chi connectivity index (χ0v) is 12.6. The molecule has 0 unspecified atom stereocenters. The molecule has 4 nitrogen and oxygen atoms in total. The van der Waals surface area contributed by atoms with Gasteiger partial charge in [-0.05, 0) is 32.5 Å². The van der Waals surface area contributed by atoms with Gasteiger partial charge in [0.05, 0.1) is 0 Å². The van der Waals surface area contributed by atoms with Gasteiger partial charge >= 0.3 is 8.80 Å². The molecule has 0 aromatic rings. The summed E-state index contributed by atoms with van der Waals surface area (Å²) in [6, 6.07) is 0. The third-order valence-electron chi connectivity index (χ3n) is 3.17. The van der Waals surface area contributed by atoms with E-state index in [-0.39, 0.29) is 0 Å². The Bertz CT molecular complexity index is 181. The maximum atomic E-state index is 6.41. The van der Waals surface area contributed by atoms with Crippen LogP contribution in [0, 0.1) is 0 Å². The highest BCUT2D eigenvalue weighted by Crippen LogP contribution is 2.21. The molecule has 1 rings (SSSR count). The zero-order valence-electron chi connectivity index (χ0n) is 11.6. The lowest BCUT2D eigenvalue weighted by Crippen LogP contribution is -2.75. The Balaban J connectivity index is 2.57. The van der Waals surface area contributed by atoms with Gasteiger partial charge in [0, 0.05) is 6.10 Å². The minimum Gasteiger partial charge on any atom is -0.377 e. The minimum absolute atomic E-state index is 0.438. The maximum Gasteiger partial charge on any atom is 0.440 e. The van der Waals surface area contributed by atoms with Gasteiger partial charge in [-0.3, -0.25) is 14.9 Å². The zero-order chi connectivity index (χ0) is 12.6. The van der Waals surface area contributed by atoms with Crippen LogP contribution in [0.2, 0.25) is 0 Å². The molecular weight excluding hydrogens is 230 g/mol. The van der Waals surface area contributed by atoms with E-state index >= 15 is 0 Å². The van der Waals surface area contributed by atoms with Gasteiger partial charge in [-0.15, -0.1) is 0 Å². The Morgan fingerprint density at radius 1 is 0.882 bits per heavy atom. The van der Waals surface area contributed by atoms with Crippen LogP contribution in [0.4, 0.5) is 0 Å². The number of hydrogen-bond donors (Lipinski definition) is 3. The summed E-state index contributed by atoms with van der Waals surface area (Å²) in [5.41, 5.74) is 0. The van der Waals surface area contributed by atoms with Crippen molar-refractivity contribution >= 4 is 8.80 Å². The van der Waals surface area contributed by atoms with E-state index in [1.807, 2.05) is 0 Å². The van der Waals surface area contributed by atoms with Gasteiger partial charge in [-0.1, -0.05) is 40.0 Å². The average Bonchev–Trinajstić information content (AvgIpc) is 2.31. The van der Waals surface area contributed by atoms with E-state index in [0.29, 0.717) is 6.10 Å². The largest absolute Gasteiger partial charge is 0.440 e. The van der Waals surface area contributed by atoms with Crippen molar-refractivity contribution in [3.63, 3.8) is 0 Å². The van der Waals surface area contributed by atoms with E-state index in [4.69, 9.17) is 4.43 Å². The Kier molecular flexibility index (Phi) is 7.30. The predicted molar refractivity (Wildman–Crippen MR) is 74.7 cm³/mol. The van der Waals surface area contributed by atoms with Crippen LogP contribution in [-0.2, 0) is 4.43 Å². The fraction of sp³-hybridized carbons (Fsp3) is 1.00. The van der Waals surface area contributed by atoms with Gasteiger partial charge in [0.25, 0.3) is 0 Å². The highest BCUT2D eigenvalue weighted by Gasteiger charge is 2.37. The molecule has 0 aromatic carbocycles. The summed E-state index contributed by atoms with van der Waals surface area (Å²) < 4.78 is 6.41. The van der Waals surface area contributed by atoms with Gasteiger partial charge in [-0.2, -0.15) is 0 Å². The summed E-state index contributed by atoms with van der Waals surface area (Å²) >= 11 is 0. The summed E-state index contributed by atoms with van der Waals surface area (Å²) in [5, 5.41) is 0. The minimum atomic E-state index is -2.13. The Labute approximate surface area is 107 Å². The normalized spacial score (nSPS) is 18.5. The van der Waals surface area contributed by atoms with Crippen LogP contribution in [0.5, 0.6) is 0 Å². The summed E-state index contributed by atoms with van der Waals surface area (Å²) in [4.78, 5) is 10.6. The highest BCUT2D eigenvalue weighted by molar-refractivity contribution is 6.66. The van der Waals surface area contributed by atoms with Crippen LogP contribution < -0.4 is 14.9 Å². The van der Waals surface area contributed by atoms with Crippen LogP contribution in [0.1, 0.15) is 52.9 Å². The molecule has 1 aliphatic rings. The van der Waals surface area contributed by atoms with Gasteiger partial charge in [-0.25, -0.2) is 0 Å². The fourth-order valence-electron chi connectivity index (χ4n) is 2.49. The Morgan fingerprint density at radius 2 is 1.35 bits per heavy atom. The summed E-state index contributed by atoms with van der Waals surface area (Å²) in [7, 11) is -2.13. The molecule has 0 spiro atoms. The van der Waals surface area contributed by atoms with Crippen LogP contribution in [0.25, 0.3) is 0 Å². The molecule has 0 saturated heterocycles. The van der Waals surface area contributed by atoms with E-state index in [2.05, 4.69) is 35.7 Å². The molecule has 1 aliphatic carbocycles. The lowest BCUT2D eigenvalue weighted by atomic mass is 9.98. The van der Waals surface area contributed by atoms with E-state index in [1.54, 1.807) is 0 Å². The van der Waals surface area contributed by atoms with Crippen molar-refractivity contribution in [1.82, 2.24) is 14.9 Å². The molecule has 0 bridgehead atoms. The van der Waals surface area contributed by atoms with Crippen LogP contribution in [0.15, 0.2) is 0 Å². The van der Waals surface area contributed by atoms with Crippen molar-refractivity contribution in [1.29, 1.82) is 0 Å². The van der Waals surface area contributed by atoms with E-state index < -0.39 is 8.80 Å². The van der Waals surface area contributed by atoms with Gasteiger partial charge in [0.1, 0.15) is 0 Å². The second-order valence-electron chi connectivity index (χ2n) is 4.65. The number of rotatable bonds is 8. The lowest BCUT2D eigenvalue weighted by Gasteiger charge is -2.36. The molecule has 17 heavy (non-hydrogen) atoms. The SMILES string of the molecule is CCN[Si](NCC)(NCC)OC1CCCCC1. The van der Waals surface area contributed by atoms with Crippen molar-refractivity contribution in [3.05, 3.63) is 0 Å². The quantitative estimate of drug-likeness (QED) is 0.580. The first-order chi connectivity index (χ1) is 8.26. The van der Waals surface area contributed by atoms with E-state index in [9.17, 15) is 0 Å². The summed E-state index contributed by atoms with van der Waals surface area (Å²) in [5.74, 6) is 0. The van der Waals surface area contributed by atoms with Crippen molar-refractivity contribution < 1.29 is 4.43 Å². The molecule has 0 atom stereocenters. The predicted octanol–water partition coefficient (Wildman–Crippen LogP) is 1.60. The fourth-order valence-corrected chi connectivity index (χ4v) is 5.35. The molecule has 1 fully saturated rings. The van der Waals surface area contributed by atoms with Crippen LogP contribution in [0.3, 0.4) is 0 Å². The van der Waals surface area contributed by atoms with Gasteiger partial charge in [0.2, 0.25) is 0 Å². The molecule has 5 heteroatoms. The molecule has 3 N–H and O–H groups in total. The van der Waals surface area contributed by atoms with Gasteiger partial charge in [0.15, 0.2) is 0 Å². The lowest BCUT2D eigenvalue weighted by molar-refractivity contribution is 0.127. The molecule has 0 heterocycles. The molecule has 0 aromatic heterocycles. The maximum absolute atomic E-state index is 6.41. The first kappa shape index (κ1) is 15.1. The topological polar surface area (TPSA) is 45.3 Å². The highest BCUT2D eigenvalue weighted by atomic mass is 28.4. The van der Waals surface area contributed by atoms with Crippen molar-refractivity contribution in [3.8, 4) is 0 Å². The van der Waals surface area contributed by atoms with E-state index in [1.165, 1.54) is 32.1 Å².